The maximum atomic E-state index is 10.5. The van der Waals surface area contributed by atoms with E-state index in [0.717, 1.165) is 6.20 Å². The third-order valence-corrected chi connectivity index (χ3v) is 1.52. The molecule has 7 nitrogen and oxygen atoms in total. The summed E-state index contributed by atoms with van der Waals surface area (Å²) in [5, 5.41) is 21.7. The van der Waals surface area contributed by atoms with Gasteiger partial charge in [-0.1, -0.05) is 0 Å². The first kappa shape index (κ1) is 10.3. The van der Waals surface area contributed by atoms with Crippen LogP contribution < -0.4 is 5.32 Å². The van der Waals surface area contributed by atoms with E-state index in [-0.39, 0.29) is 18.1 Å². The fraction of sp³-hybridized carbons (Fsp3) is 0.429. The summed E-state index contributed by atoms with van der Waals surface area (Å²) in [5.74, 6) is 0.179. The van der Waals surface area contributed by atoms with E-state index < -0.39 is 4.92 Å². The van der Waals surface area contributed by atoms with E-state index in [9.17, 15) is 10.1 Å². The van der Waals surface area contributed by atoms with E-state index in [0.29, 0.717) is 13.0 Å². The summed E-state index contributed by atoms with van der Waals surface area (Å²) in [4.78, 5) is 17.2. The van der Waals surface area contributed by atoms with Crippen molar-refractivity contribution in [2.75, 3.05) is 18.5 Å². The Morgan fingerprint density at radius 2 is 2.43 bits per heavy atom. The van der Waals surface area contributed by atoms with E-state index in [4.69, 9.17) is 5.11 Å². The Labute approximate surface area is 80.0 Å². The zero-order valence-corrected chi connectivity index (χ0v) is 7.38. The summed E-state index contributed by atoms with van der Waals surface area (Å²) in [6.45, 7) is 0.472. The number of anilines is 1. The predicted molar refractivity (Wildman–Crippen MR) is 48.9 cm³/mol. The Morgan fingerprint density at radius 1 is 1.64 bits per heavy atom. The lowest BCUT2D eigenvalue weighted by atomic mass is 10.4. The van der Waals surface area contributed by atoms with Crippen molar-refractivity contribution in [1.82, 2.24) is 9.97 Å². The molecule has 14 heavy (non-hydrogen) atoms. The molecule has 0 fully saturated rings. The highest BCUT2D eigenvalue weighted by Gasteiger charge is 2.13. The van der Waals surface area contributed by atoms with Crippen LogP contribution in [0, 0.1) is 10.1 Å². The van der Waals surface area contributed by atoms with Crippen molar-refractivity contribution in [1.29, 1.82) is 0 Å². The van der Waals surface area contributed by atoms with E-state index >= 15 is 0 Å². The second kappa shape index (κ2) is 5.07. The molecule has 1 aromatic heterocycles. The molecule has 0 atom stereocenters. The SMILES string of the molecule is O=[N+]([O-])c1cncnc1NCCCO. The van der Waals surface area contributed by atoms with Crippen LogP contribution in [0.15, 0.2) is 12.5 Å². The second-order valence-corrected chi connectivity index (χ2v) is 2.52. The van der Waals surface area contributed by atoms with Gasteiger partial charge in [0.1, 0.15) is 12.5 Å². The number of rotatable bonds is 5. The standard InChI is InChI=1S/C7H10N4O3/c12-3-1-2-9-7-6(11(13)14)4-8-5-10-7/h4-5,12H,1-3H2,(H,8,9,10). The van der Waals surface area contributed by atoms with Crippen molar-refractivity contribution < 1.29 is 10.0 Å². The van der Waals surface area contributed by atoms with Crippen molar-refractivity contribution in [3.8, 4) is 0 Å². The van der Waals surface area contributed by atoms with Crippen LogP contribution >= 0.6 is 0 Å². The molecule has 0 saturated carbocycles. The topological polar surface area (TPSA) is 101 Å². The first-order valence-corrected chi connectivity index (χ1v) is 4.05. The molecule has 7 heteroatoms. The minimum atomic E-state index is -0.554. The van der Waals surface area contributed by atoms with Gasteiger partial charge in [-0.2, -0.15) is 0 Å². The van der Waals surface area contributed by atoms with Crippen molar-refractivity contribution in [2.24, 2.45) is 0 Å². The van der Waals surface area contributed by atoms with Crippen LogP contribution in [0.2, 0.25) is 0 Å². The van der Waals surface area contributed by atoms with Crippen LogP contribution in [0.25, 0.3) is 0 Å². The summed E-state index contributed by atoms with van der Waals surface area (Å²) in [6, 6.07) is 0. The van der Waals surface area contributed by atoms with Gasteiger partial charge in [-0.25, -0.2) is 9.97 Å². The quantitative estimate of drug-likeness (QED) is 0.397. The molecule has 0 aliphatic rings. The molecule has 0 amide bonds. The van der Waals surface area contributed by atoms with Crippen LogP contribution in [0.4, 0.5) is 11.5 Å². The highest BCUT2D eigenvalue weighted by Crippen LogP contribution is 2.18. The first-order valence-electron chi connectivity index (χ1n) is 4.05. The normalized spacial score (nSPS) is 9.79. The van der Waals surface area contributed by atoms with Gasteiger partial charge in [-0.05, 0) is 6.42 Å². The minimum absolute atomic E-state index is 0.0336. The Hall–Kier alpha value is -1.76. The number of aromatic nitrogens is 2. The highest BCUT2D eigenvalue weighted by molar-refractivity contribution is 5.53. The average molecular weight is 198 g/mol. The summed E-state index contributed by atoms with van der Waals surface area (Å²) in [5.41, 5.74) is -0.162. The van der Waals surface area contributed by atoms with Gasteiger partial charge < -0.3 is 10.4 Å². The Bertz CT molecular complexity index is 318. The molecule has 1 heterocycles. The smallest absolute Gasteiger partial charge is 0.329 e. The number of hydrogen-bond acceptors (Lipinski definition) is 6. The number of nitrogens with one attached hydrogen (secondary N) is 1. The zero-order chi connectivity index (χ0) is 10.4. The van der Waals surface area contributed by atoms with E-state index in [1.807, 2.05) is 0 Å². The Kier molecular flexibility index (Phi) is 3.74. The fourth-order valence-corrected chi connectivity index (χ4v) is 0.878. The maximum absolute atomic E-state index is 10.5. The largest absolute Gasteiger partial charge is 0.396 e. The molecule has 0 saturated heterocycles. The summed E-state index contributed by atoms with van der Waals surface area (Å²) >= 11 is 0. The highest BCUT2D eigenvalue weighted by atomic mass is 16.6. The van der Waals surface area contributed by atoms with Crippen LogP contribution in [0.1, 0.15) is 6.42 Å². The van der Waals surface area contributed by atoms with Crippen LogP contribution in [0.3, 0.4) is 0 Å². The van der Waals surface area contributed by atoms with Gasteiger partial charge in [0.15, 0.2) is 0 Å². The number of aliphatic hydroxyl groups excluding tert-OH is 1. The Morgan fingerprint density at radius 3 is 3.07 bits per heavy atom. The third kappa shape index (κ3) is 2.63. The van der Waals surface area contributed by atoms with Gasteiger partial charge in [0, 0.05) is 13.2 Å². The van der Waals surface area contributed by atoms with Crippen molar-refractivity contribution in [3.63, 3.8) is 0 Å². The molecule has 2 N–H and O–H groups in total. The fourth-order valence-electron chi connectivity index (χ4n) is 0.878. The predicted octanol–water partition coefficient (Wildman–Crippen LogP) is 0.179. The molecular formula is C7H10N4O3. The van der Waals surface area contributed by atoms with Crippen molar-refractivity contribution >= 4 is 11.5 Å². The monoisotopic (exact) mass is 198 g/mol. The van der Waals surface area contributed by atoms with Crippen molar-refractivity contribution in [2.45, 2.75) is 6.42 Å². The minimum Gasteiger partial charge on any atom is -0.396 e. The number of nitro groups is 1. The molecular weight excluding hydrogens is 188 g/mol. The lowest BCUT2D eigenvalue weighted by molar-refractivity contribution is -0.384. The number of hydrogen-bond donors (Lipinski definition) is 2. The van der Waals surface area contributed by atoms with E-state index in [2.05, 4.69) is 15.3 Å². The summed E-state index contributed by atoms with van der Waals surface area (Å²) < 4.78 is 0. The molecule has 0 radical (unpaired) electrons. The molecule has 0 aliphatic heterocycles. The van der Waals surface area contributed by atoms with Crippen molar-refractivity contribution in [3.05, 3.63) is 22.6 Å². The van der Waals surface area contributed by atoms with Crippen LogP contribution in [0.5, 0.6) is 0 Å². The van der Waals surface area contributed by atoms with Gasteiger partial charge in [-0.3, -0.25) is 10.1 Å². The number of aliphatic hydroxyl groups is 1. The van der Waals surface area contributed by atoms with Crippen LogP contribution in [-0.4, -0.2) is 33.1 Å². The zero-order valence-electron chi connectivity index (χ0n) is 7.38. The molecule has 0 unspecified atom stereocenters. The summed E-state index contributed by atoms with van der Waals surface area (Å²) in [6.07, 6.45) is 2.88. The second-order valence-electron chi connectivity index (χ2n) is 2.52. The summed E-state index contributed by atoms with van der Waals surface area (Å²) in [7, 11) is 0. The lowest BCUT2D eigenvalue weighted by Gasteiger charge is -2.03. The average Bonchev–Trinajstić information content (AvgIpc) is 2.19. The van der Waals surface area contributed by atoms with Gasteiger partial charge >= 0.3 is 5.69 Å². The number of nitrogens with zero attached hydrogens (tertiary/aromatic N) is 3. The van der Waals surface area contributed by atoms with Gasteiger partial charge in [0.2, 0.25) is 5.82 Å². The molecule has 0 bridgehead atoms. The van der Waals surface area contributed by atoms with E-state index in [1.165, 1.54) is 6.33 Å². The van der Waals surface area contributed by atoms with Gasteiger partial charge in [0.05, 0.1) is 4.92 Å². The molecule has 1 rings (SSSR count). The first-order chi connectivity index (χ1) is 6.75. The molecule has 76 valence electrons. The van der Waals surface area contributed by atoms with Crippen LogP contribution in [-0.2, 0) is 0 Å². The molecule has 0 aliphatic carbocycles. The Balaban J connectivity index is 2.69. The lowest BCUT2D eigenvalue weighted by Crippen LogP contribution is -2.07. The molecule has 0 aromatic carbocycles. The molecule has 0 spiro atoms. The maximum Gasteiger partial charge on any atom is 0.329 e. The third-order valence-electron chi connectivity index (χ3n) is 1.52. The molecule has 1 aromatic rings. The van der Waals surface area contributed by atoms with Gasteiger partial charge in [0.25, 0.3) is 0 Å². The van der Waals surface area contributed by atoms with Gasteiger partial charge in [-0.15, -0.1) is 0 Å². The van der Waals surface area contributed by atoms with E-state index in [1.54, 1.807) is 0 Å².